The summed E-state index contributed by atoms with van der Waals surface area (Å²) in [6.45, 7) is 0.746. The van der Waals surface area contributed by atoms with Crippen molar-refractivity contribution in [1.29, 1.82) is 0 Å². The highest BCUT2D eigenvalue weighted by Crippen LogP contribution is 2.40. The van der Waals surface area contributed by atoms with Gasteiger partial charge in [-0.3, -0.25) is 4.79 Å². The number of amides is 1. The Morgan fingerprint density at radius 1 is 1.30 bits per heavy atom. The summed E-state index contributed by atoms with van der Waals surface area (Å²) >= 11 is 0. The third kappa shape index (κ3) is 1.94. The first-order chi connectivity index (χ1) is 9.83. The van der Waals surface area contributed by atoms with E-state index in [9.17, 15) is 4.79 Å². The number of hydrogen-bond donors (Lipinski definition) is 0. The van der Waals surface area contributed by atoms with Crippen molar-refractivity contribution in [2.45, 2.75) is 37.6 Å². The average Bonchev–Trinajstić information content (AvgIpc) is 2.96. The molecule has 0 spiro atoms. The fraction of sp³-hybridized carbons (Fsp3) is 0.467. The second kappa shape index (κ2) is 4.51. The molecule has 1 aliphatic carbocycles. The summed E-state index contributed by atoms with van der Waals surface area (Å²) in [6.07, 6.45) is 5.86. The van der Waals surface area contributed by atoms with Gasteiger partial charge in [0.2, 0.25) is 0 Å². The van der Waals surface area contributed by atoms with E-state index in [4.69, 9.17) is 8.94 Å². The molecule has 2 fully saturated rings. The van der Waals surface area contributed by atoms with Crippen molar-refractivity contribution in [3.8, 4) is 0 Å². The quantitative estimate of drug-likeness (QED) is 0.861. The molecule has 5 nitrogen and oxygen atoms in total. The monoisotopic (exact) mass is 272 g/mol. The predicted octanol–water partition coefficient (Wildman–Crippen LogP) is 3.12. The van der Waals surface area contributed by atoms with Gasteiger partial charge in [0, 0.05) is 18.5 Å². The van der Waals surface area contributed by atoms with Crippen LogP contribution in [0.1, 0.15) is 59.7 Å². The molecule has 20 heavy (non-hydrogen) atoms. The Morgan fingerprint density at radius 2 is 2.20 bits per heavy atom. The molecule has 104 valence electrons. The van der Waals surface area contributed by atoms with Crippen LogP contribution in [0.15, 0.2) is 33.4 Å². The summed E-state index contributed by atoms with van der Waals surface area (Å²) < 4.78 is 10.7. The molecule has 0 unspecified atom stereocenters. The molecule has 5 heteroatoms. The van der Waals surface area contributed by atoms with E-state index in [1.165, 1.54) is 0 Å². The molecule has 2 aromatic rings. The van der Waals surface area contributed by atoms with Crippen LogP contribution in [0, 0.1) is 0 Å². The van der Waals surface area contributed by atoms with E-state index in [2.05, 4.69) is 5.16 Å². The molecular formula is C15H16N2O3. The summed E-state index contributed by atoms with van der Waals surface area (Å²) in [4.78, 5) is 14.4. The SMILES string of the molecule is O=C(c1cc(C2CC2)on1)N1CCC[C@@H]1c1ccco1. The Labute approximate surface area is 116 Å². The molecule has 2 aromatic heterocycles. The number of hydrogen-bond acceptors (Lipinski definition) is 4. The summed E-state index contributed by atoms with van der Waals surface area (Å²) in [5.41, 5.74) is 0.422. The Hall–Kier alpha value is -2.04. The number of furan rings is 1. The topological polar surface area (TPSA) is 59.5 Å². The van der Waals surface area contributed by atoms with Crippen LogP contribution < -0.4 is 0 Å². The lowest BCUT2D eigenvalue weighted by Crippen LogP contribution is -2.30. The van der Waals surface area contributed by atoms with Crippen LogP contribution in [-0.2, 0) is 0 Å². The zero-order valence-corrected chi connectivity index (χ0v) is 11.1. The molecular weight excluding hydrogens is 256 g/mol. The second-order valence-corrected chi connectivity index (χ2v) is 5.56. The zero-order valence-electron chi connectivity index (χ0n) is 11.1. The van der Waals surface area contributed by atoms with Gasteiger partial charge in [-0.15, -0.1) is 0 Å². The highest BCUT2D eigenvalue weighted by molar-refractivity contribution is 5.92. The summed E-state index contributed by atoms with van der Waals surface area (Å²) in [5.74, 6) is 2.12. The first-order valence-corrected chi connectivity index (χ1v) is 7.14. The Bertz CT molecular complexity index is 613. The van der Waals surface area contributed by atoms with Crippen molar-refractivity contribution in [3.63, 3.8) is 0 Å². The molecule has 0 aromatic carbocycles. The van der Waals surface area contributed by atoms with Crippen molar-refractivity contribution in [3.05, 3.63) is 41.7 Å². The molecule has 3 heterocycles. The van der Waals surface area contributed by atoms with Gasteiger partial charge in [0.05, 0.1) is 12.3 Å². The minimum atomic E-state index is -0.0560. The van der Waals surface area contributed by atoms with Crippen molar-refractivity contribution >= 4 is 5.91 Å². The second-order valence-electron chi connectivity index (χ2n) is 5.56. The number of likely N-dealkylation sites (tertiary alicyclic amines) is 1. The average molecular weight is 272 g/mol. The van der Waals surface area contributed by atoms with Crippen LogP contribution >= 0.6 is 0 Å². The maximum Gasteiger partial charge on any atom is 0.276 e. The maximum absolute atomic E-state index is 12.6. The van der Waals surface area contributed by atoms with Crippen molar-refractivity contribution in [2.24, 2.45) is 0 Å². The van der Waals surface area contributed by atoms with E-state index in [1.807, 2.05) is 17.0 Å². The van der Waals surface area contributed by atoms with Gasteiger partial charge in [-0.1, -0.05) is 5.16 Å². The van der Waals surface area contributed by atoms with Gasteiger partial charge in [0.15, 0.2) is 5.69 Å². The molecule has 1 amide bonds. The van der Waals surface area contributed by atoms with E-state index in [0.717, 1.165) is 43.7 Å². The zero-order chi connectivity index (χ0) is 13.5. The Kier molecular flexibility index (Phi) is 2.65. The molecule has 4 rings (SSSR count). The van der Waals surface area contributed by atoms with Gasteiger partial charge >= 0.3 is 0 Å². The summed E-state index contributed by atoms with van der Waals surface area (Å²) in [5, 5.41) is 3.94. The molecule has 0 radical (unpaired) electrons. The highest BCUT2D eigenvalue weighted by Gasteiger charge is 2.35. The normalized spacial score (nSPS) is 22.4. The van der Waals surface area contributed by atoms with Crippen LogP contribution in [-0.4, -0.2) is 22.5 Å². The van der Waals surface area contributed by atoms with Gasteiger partial charge < -0.3 is 13.8 Å². The van der Waals surface area contributed by atoms with Gasteiger partial charge in [0.1, 0.15) is 11.5 Å². The van der Waals surface area contributed by atoms with E-state index in [-0.39, 0.29) is 11.9 Å². The first-order valence-electron chi connectivity index (χ1n) is 7.14. The van der Waals surface area contributed by atoms with Crippen molar-refractivity contribution in [2.75, 3.05) is 6.54 Å². The molecule has 2 aliphatic rings. The molecule has 0 N–H and O–H groups in total. The molecule has 1 aliphatic heterocycles. The van der Waals surface area contributed by atoms with Gasteiger partial charge in [-0.2, -0.15) is 0 Å². The van der Waals surface area contributed by atoms with E-state index < -0.39 is 0 Å². The minimum Gasteiger partial charge on any atom is -0.467 e. The van der Waals surface area contributed by atoms with Crippen LogP contribution in [0.25, 0.3) is 0 Å². The first kappa shape index (κ1) is 11.8. The fourth-order valence-electron chi connectivity index (χ4n) is 2.88. The molecule has 1 saturated heterocycles. The third-order valence-corrected chi connectivity index (χ3v) is 4.11. The maximum atomic E-state index is 12.6. The van der Waals surface area contributed by atoms with Crippen molar-refractivity contribution in [1.82, 2.24) is 10.1 Å². The van der Waals surface area contributed by atoms with E-state index in [0.29, 0.717) is 11.6 Å². The van der Waals surface area contributed by atoms with Gasteiger partial charge in [-0.05, 0) is 37.8 Å². The van der Waals surface area contributed by atoms with Crippen LogP contribution in [0.2, 0.25) is 0 Å². The third-order valence-electron chi connectivity index (χ3n) is 4.11. The number of nitrogens with zero attached hydrogens (tertiary/aromatic N) is 2. The standard InChI is InChI=1S/C15H16N2O3/c18-15(11-9-14(20-16-11)10-5-6-10)17-7-1-3-12(17)13-4-2-8-19-13/h2,4,8-10,12H,1,3,5-7H2/t12-/m1/s1. The number of aromatic nitrogens is 1. The number of carbonyl (C=O) groups excluding carboxylic acids is 1. The number of carbonyl (C=O) groups is 1. The molecule has 1 atom stereocenters. The Balaban J connectivity index is 1.57. The van der Waals surface area contributed by atoms with Crippen molar-refractivity contribution < 1.29 is 13.7 Å². The highest BCUT2D eigenvalue weighted by atomic mass is 16.5. The number of rotatable bonds is 3. The van der Waals surface area contributed by atoms with Gasteiger partial charge in [-0.25, -0.2) is 0 Å². The van der Waals surface area contributed by atoms with E-state index >= 15 is 0 Å². The van der Waals surface area contributed by atoms with Crippen LogP contribution in [0.4, 0.5) is 0 Å². The van der Waals surface area contributed by atoms with Gasteiger partial charge in [0.25, 0.3) is 5.91 Å². The minimum absolute atomic E-state index is 0.0265. The molecule has 0 bridgehead atoms. The lowest BCUT2D eigenvalue weighted by Gasteiger charge is -2.21. The predicted molar refractivity (Wildman–Crippen MR) is 70.2 cm³/mol. The summed E-state index contributed by atoms with van der Waals surface area (Å²) in [7, 11) is 0. The fourth-order valence-corrected chi connectivity index (χ4v) is 2.88. The Morgan fingerprint density at radius 3 is 2.95 bits per heavy atom. The summed E-state index contributed by atoms with van der Waals surface area (Å²) in [6, 6.07) is 5.61. The van der Waals surface area contributed by atoms with Crippen LogP contribution in [0.3, 0.4) is 0 Å². The van der Waals surface area contributed by atoms with Crippen LogP contribution in [0.5, 0.6) is 0 Å². The lowest BCUT2D eigenvalue weighted by atomic mass is 10.1. The molecule has 1 saturated carbocycles. The smallest absolute Gasteiger partial charge is 0.276 e. The lowest BCUT2D eigenvalue weighted by molar-refractivity contribution is 0.0709. The largest absolute Gasteiger partial charge is 0.467 e. The van der Waals surface area contributed by atoms with E-state index in [1.54, 1.807) is 12.3 Å².